The number of halogens is 1. The quantitative estimate of drug-likeness (QED) is 0.730. The van der Waals surface area contributed by atoms with Crippen LogP contribution >= 0.6 is 11.8 Å². The Morgan fingerprint density at radius 3 is 2.78 bits per heavy atom. The molecule has 0 saturated carbocycles. The third kappa shape index (κ3) is 1.59. The highest BCUT2D eigenvalue weighted by Crippen LogP contribution is 2.32. The Labute approximate surface area is 108 Å². The zero-order valence-electron chi connectivity index (χ0n) is 9.51. The van der Waals surface area contributed by atoms with Gasteiger partial charge in [-0.3, -0.25) is 4.79 Å². The monoisotopic (exact) mass is 266 g/mol. The number of fused-ring (bicyclic) bond motifs is 1. The van der Waals surface area contributed by atoms with E-state index >= 15 is 0 Å². The summed E-state index contributed by atoms with van der Waals surface area (Å²) in [6.45, 7) is 0. The van der Waals surface area contributed by atoms with Crippen LogP contribution in [0.25, 0.3) is 0 Å². The molecule has 2 saturated heterocycles. The SMILES string of the molecule is O=C1C2CCSCN2C(=O)N1c1ccccc1F. The first kappa shape index (κ1) is 11.5. The molecule has 0 aromatic heterocycles. The number of hydrogen-bond acceptors (Lipinski definition) is 3. The van der Waals surface area contributed by atoms with E-state index in [1.807, 2.05) is 0 Å². The number of urea groups is 1. The molecular formula is C12H11FN2O2S. The van der Waals surface area contributed by atoms with Crippen molar-refractivity contribution in [2.75, 3.05) is 16.5 Å². The van der Waals surface area contributed by atoms with Gasteiger partial charge < -0.3 is 4.90 Å². The van der Waals surface area contributed by atoms with Crippen molar-refractivity contribution in [3.8, 4) is 0 Å². The van der Waals surface area contributed by atoms with Crippen LogP contribution in [0.15, 0.2) is 24.3 Å². The van der Waals surface area contributed by atoms with Gasteiger partial charge in [0.15, 0.2) is 0 Å². The van der Waals surface area contributed by atoms with Gasteiger partial charge in [-0.05, 0) is 24.3 Å². The van der Waals surface area contributed by atoms with Crippen LogP contribution in [0.4, 0.5) is 14.9 Å². The smallest absolute Gasteiger partial charge is 0.303 e. The number of carbonyl (C=O) groups is 2. The minimum Gasteiger partial charge on any atom is -0.303 e. The lowest BCUT2D eigenvalue weighted by Crippen LogP contribution is -2.38. The van der Waals surface area contributed by atoms with Gasteiger partial charge >= 0.3 is 6.03 Å². The molecule has 18 heavy (non-hydrogen) atoms. The fourth-order valence-electron chi connectivity index (χ4n) is 2.28. The number of rotatable bonds is 1. The molecule has 0 radical (unpaired) electrons. The summed E-state index contributed by atoms with van der Waals surface area (Å²) >= 11 is 1.61. The van der Waals surface area contributed by atoms with Gasteiger partial charge in [0.05, 0.1) is 11.6 Å². The molecule has 0 bridgehead atoms. The zero-order valence-corrected chi connectivity index (χ0v) is 10.3. The largest absolute Gasteiger partial charge is 0.332 e. The molecule has 2 aliphatic rings. The molecule has 2 fully saturated rings. The third-order valence-corrected chi connectivity index (χ3v) is 4.16. The van der Waals surface area contributed by atoms with Crippen molar-refractivity contribution >= 4 is 29.4 Å². The summed E-state index contributed by atoms with van der Waals surface area (Å²) in [4.78, 5) is 26.8. The lowest BCUT2D eigenvalue weighted by Gasteiger charge is -2.25. The van der Waals surface area contributed by atoms with E-state index in [0.29, 0.717) is 12.3 Å². The number of hydrogen-bond donors (Lipinski definition) is 0. The van der Waals surface area contributed by atoms with E-state index in [4.69, 9.17) is 0 Å². The van der Waals surface area contributed by atoms with E-state index < -0.39 is 17.9 Å². The Bertz CT molecular complexity index is 499. The Morgan fingerprint density at radius 1 is 1.28 bits per heavy atom. The van der Waals surface area contributed by atoms with Crippen molar-refractivity contribution in [2.24, 2.45) is 0 Å². The minimum absolute atomic E-state index is 0.0481. The summed E-state index contributed by atoms with van der Waals surface area (Å²) in [7, 11) is 0. The van der Waals surface area contributed by atoms with Gasteiger partial charge in [-0.1, -0.05) is 12.1 Å². The normalized spacial score (nSPS) is 23.5. The van der Waals surface area contributed by atoms with E-state index in [-0.39, 0.29) is 11.6 Å². The van der Waals surface area contributed by atoms with Crippen molar-refractivity contribution in [3.63, 3.8) is 0 Å². The maximum atomic E-state index is 13.7. The van der Waals surface area contributed by atoms with Gasteiger partial charge in [-0.25, -0.2) is 14.1 Å². The molecule has 2 aliphatic heterocycles. The lowest BCUT2D eigenvalue weighted by molar-refractivity contribution is -0.119. The van der Waals surface area contributed by atoms with Crippen LogP contribution in [0.3, 0.4) is 0 Å². The number of carbonyl (C=O) groups excluding carboxylic acids is 2. The Balaban J connectivity index is 2.00. The topological polar surface area (TPSA) is 40.6 Å². The van der Waals surface area contributed by atoms with Crippen LogP contribution in [-0.4, -0.2) is 34.5 Å². The van der Waals surface area contributed by atoms with Gasteiger partial charge in [0.2, 0.25) is 0 Å². The second kappa shape index (κ2) is 4.28. The Morgan fingerprint density at radius 2 is 2.06 bits per heavy atom. The molecule has 1 aromatic carbocycles. The number of anilines is 1. The van der Waals surface area contributed by atoms with Crippen molar-refractivity contribution in [1.82, 2.24) is 4.90 Å². The van der Waals surface area contributed by atoms with E-state index in [2.05, 4.69) is 0 Å². The van der Waals surface area contributed by atoms with E-state index in [0.717, 1.165) is 10.7 Å². The van der Waals surface area contributed by atoms with Crippen molar-refractivity contribution < 1.29 is 14.0 Å². The van der Waals surface area contributed by atoms with E-state index in [9.17, 15) is 14.0 Å². The van der Waals surface area contributed by atoms with Crippen LogP contribution in [0.1, 0.15) is 6.42 Å². The summed E-state index contributed by atoms with van der Waals surface area (Å²) in [6, 6.07) is 5.03. The molecule has 6 heteroatoms. The minimum atomic E-state index is -0.549. The second-order valence-electron chi connectivity index (χ2n) is 4.22. The van der Waals surface area contributed by atoms with E-state index in [1.165, 1.54) is 23.1 Å². The molecule has 1 atom stereocenters. The Kier molecular flexibility index (Phi) is 2.74. The first-order chi connectivity index (χ1) is 8.70. The zero-order chi connectivity index (χ0) is 12.7. The highest BCUT2D eigenvalue weighted by Gasteiger charge is 2.47. The number of nitrogens with zero attached hydrogens (tertiary/aromatic N) is 2. The lowest BCUT2D eigenvalue weighted by atomic mass is 10.2. The number of amides is 3. The first-order valence-electron chi connectivity index (χ1n) is 5.67. The van der Waals surface area contributed by atoms with E-state index in [1.54, 1.807) is 17.8 Å². The molecule has 0 N–H and O–H groups in total. The van der Waals surface area contributed by atoms with Crippen molar-refractivity contribution in [1.29, 1.82) is 0 Å². The molecule has 0 aliphatic carbocycles. The predicted octanol–water partition coefficient (Wildman–Crippen LogP) is 2.06. The number of para-hydroxylation sites is 1. The number of benzene rings is 1. The van der Waals surface area contributed by atoms with Crippen LogP contribution in [0.5, 0.6) is 0 Å². The van der Waals surface area contributed by atoms with Crippen LogP contribution < -0.4 is 4.90 Å². The van der Waals surface area contributed by atoms with Gasteiger partial charge in [0.1, 0.15) is 11.9 Å². The van der Waals surface area contributed by atoms with Gasteiger partial charge in [0.25, 0.3) is 5.91 Å². The molecule has 3 rings (SSSR count). The summed E-state index contributed by atoms with van der Waals surface area (Å²) in [5, 5.41) is 0. The van der Waals surface area contributed by atoms with Gasteiger partial charge in [0, 0.05) is 0 Å². The molecule has 94 valence electrons. The van der Waals surface area contributed by atoms with Crippen molar-refractivity contribution in [3.05, 3.63) is 30.1 Å². The maximum absolute atomic E-state index is 13.7. The van der Waals surface area contributed by atoms with Crippen LogP contribution in [0, 0.1) is 5.82 Å². The molecule has 2 heterocycles. The molecule has 3 amide bonds. The predicted molar refractivity (Wildman–Crippen MR) is 66.9 cm³/mol. The summed E-state index contributed by atoms with van der Waals surface area (Å²) in [5.74, 6) is 0.489. The molecule has 1 unspecified atom stereocenters. The Hall–Kier alpha value is -1.56. The third-order valence-electron chi connectivity index (χ3n) is 3.18. The standard InChI is InChI=1S/C12H11FN2O2S/c13-8-3-1-2-4-9(8)15-11(16)10-5-6-18-7-14(10)12(15)17/h1-4,10H,5-7H2. The summed E-state index contributed by atoms with van der Waals surface area (Å²) in [6.07, 6.45) is 0.639. The average molecular weight is 266 g/mol. The summed E-state index contributed by atoms with van der Waals surface area (Å²) in [5.41, 5.74) is 0.0481. The molecular weight excluding hydrogens is 255 g/mol. The highest BCUT2D eigenvalue weighted by molar-refractivity contribution is 7.99. The van der Waals surface area contributed by atoms with Gasteiger partial charge in [-0.2, -0.15) is 0 Å². The highest BCUT2D eigenvalue weighted by atomic mass is 32.2. The average Bonchev–Trinajstić information content (AvgIpc) is 2.64. The molecule has 4 nitrogen and oxygen atoms in total. The molecule has 0 spiro atoms. The fourth-order valence-corrected chi connectivity index (χ4v) is 3.28. The van der Waals surface area contributed by atoms with Crippen LogP contribution in [-0.2, 0) is 4.79 Å². The second-order valence-corrected chi connectivity index (χ2v) is 5.29. The van der Waals surface area contributed by atoms with Gasteiger partial charge in [-0.15, -0.1) is 11.8 Å². The number of thioether (sulfide) groups is 1. The van der Waals surface area contributed by atoms with Crippen molar-refractivity contribution in [2.45, 2.75) is 12.5 Å². The van der Waals surface area contributed by atoms with Crippen LogP contribution in [0.2, 0.25) is 0 Å². The fraction of sp³-hybridized carbons (Fsp3) is 0.333. The maximum Gasteiger partial charge on any atom is 0.332 e. The summed E-state index contributed by atoms with van der Waals surface area (Å²) < 4.78 is 13.7. The molecule has 1 aromatic rings. The first-order valence-corrected chi connectivity index (χ1v) is 6.82. The number of imide groups is 1.